The summed E-state index contributed by atoms with van der Waals surface area (Å²) in [6.45, 7) is 9.31. The molecule has 0 aliphatic carbocycles. The zero-order valence-electron chi connectivity index (χ0n) is 17.5. The second-order valence-corrected chi connectivity index (χ2v) is 8.57. The molecule has 0 spiro atoms. The van der Waals surface area contributed by atoms with Gasteiger partial charge in [-0.25, -0.2) is 0 Å². The first-order valence-corrected chi connectivity index (χ1v) is 10.9. The van der Waals surface area contributed by atoms with E-state index in [4.69, 9.17) is 0 Å². The Hall–Kier alpha value is -1.88. The van der Waals surface area contributed by atoms with Gasteiger partial charge in [0, 0.05) is 45.7 Å². The molecule has 1 atom stereocenters. The molecule has 0 N–H and O–H groups in total. The predicted octanol–water partition coefficient (Wildman–Crippen LogP) is 2.80. The van der Waals surface area contributed by atoms with Gasteiger partial charge in [-0.05, 0) is 37.2 Å². The molecule has 5 heteroatoms. The van der Waals surface area contributed by atoms with E-state index in [0.717, 1.165) is 65.0 Å². The molecule has 2 aliphatic heterocycles. The van der Waals surface area contributed by atoms with Gasteiger partial charge in [0.05, 0.1) is 6.04 Å². The first-order chi connectivity index (χ1) is 13.5. The summed E-state index contributed by atoms with van der Waals surface area (Å²) in [6, 6.07) is 10.4. The molecule has 3 rings (SSSR count). The highest BCUT2D eigenvalue weighted by Gasteiger charge is 2.37. The van der Waals surface area contributed by atoms with Gasteiger partial charge in [0.25, 0.3) is 0 Å². The van der Waals surface area contributed by atoms with Crippen LogP contribution in [0.15, 0.2) is 30.3 Å². The van der Waals surface area contributed by atoms with Gasteiger partial charge in [0.1, 0.15) is 0 Å². The lowest BCUT2D eigenvalue weighted by Crippen LogP contribution is -2.53. The maximum atomic E-state index is 12.7. The molecule has 0 aromatic heterocycles. The Morgan fingerprint density at radius 1 is 1.07 bits per heavy atom. The van der Waals surface area contributed by atoms with Crippen LogP contribution < -0.4 is 0 Å². The van der Waals surface area contributed by atoms with Crippen molar-refractivity contribution in [2.24, 2.45) is 5.92 Å². The molecule has 2 saturated heterocycles. The van der Waals surface area contributed by atoms with Gasteiger partial charge in [-0.2, -0.15) is 0 Å². The highest BCUT2D eigenvalue weighted by atomic mass is 16.2. The first-order valence-electron chi connectivity index (χ1n) is 10.9. The molecule has 0 bridgehead atoms. The lowest BCUT2D eigenvalue weighted by molar-refractivity contribution is -0.135. The number of rotatable bonds is 8. The molecule has 0 radical (unpaired) electrons. The molecule has 1 aromatic carbocycles. The third-order valence-corrected chi connectivity index (χ3v) is 6.05. The van der Waals surface area contributed by atoms with Crippen LogP contribution in [0.3, 0.4) is 0 Å². The fourth-order valence-corrected chi connectivity index (χ4v) is 4.23. The molecule has 0 saturated carbocycles. The molecule has 1 unspecified atom stereocenters. The SMILES string of the molecule is CC(C)CCN1CCC(N2CCN(C(=O)CCCc3ccccc3)CC2)C1=O. The maximum absolute atomic E-state index is 12.7. The van der Waals surface area contributed by atoms with Crippen molar-refractivity contribution in [2.75, 3.05) is 39.3 Å². The number of likely N-dealkylation sites (tertiary alicyclic amines) is 1. The Bertz CT molecular complexity index is 639. The van der Waals surface area contributed by atoms with E-state index in [2.05, 4.69) is 30.9 Å². The van der Waals surface area contributed by atoms with Crippen LogP contribution in [-0.2, 0) is 16.0 Å². The summed E-state index contributed by atoms with van der Waals surface area (Å²) < 4.78 is 0. The number of carbonyl (C=O) groups excluding carboxylic acids is 2. The van der Waals surface area contributed by atoms with Crippen LogP contribution in [0.4, 0.5) is 0 Å². The van der Waals surface area contributed by atoms with Gasteiger partial charge in [0.15, 0.2) is 0 Å². The molecule has 2 heterocycles. The largest absolute Gasteiger partial charge is 0.341 e. The summed E-state index contributed by atoms with van der Waals surface area (Å²) in [4.78, 5) is 31.5. The molecular weight excluding hydrogens is 350 g/mol. The van der Waals surface area contributed by atoms with Crippen LogP contribution in [0.2, 0.25) is 0 Å². The molecule has 5 nitrogen and oxygen atoms in total. The Labute approximate surface area is 169 Å². The van der Waals surface area contributed by atoms with E-state index >= 15 is 0 Å². The van der Waals surface area contributed by atoms with Gasteiger partial charge in [-0.15, -0.1) is 0 Å². The number of amides is 2. The van der Waals surface area contributed by atoms with Crippen LogP contribution in [0.5, 0.6) is 0 Å². The maximum Gasteiger partial charge on any atom is 0.239 e. The fourth-order valence-electron chi connectivity index (χ4n) is 4.23. The van der Waals surface area contributed by atoms with Gasteiger partial charge < -0.3 is 9.80 Å². The minimum absolute atomic E-state index is 0.0301. The minimum Gasteiger partial charge on any atom is -0.341 e. The molecule has 2 fully saturated rings. The van der Waals surface area contributed by atoms with E-state index in [-0.39, 0.29) is 11.9 Å². The topological polar surface area (TPSA) is 43.9 Å². The van der Waals surface area contributed by atoms with E-state index in [9.17, 15) is 9.59 Å². The number of carbonyl (C=O) groups is 2. The Morgan fingerprint density at radius 2 is 1.79 bits per heavy atom. The second kappa shape index (κ2) is 10.1. The van der Waals surface area contributed by atoms with E-state index < -0.39 is 0 Å². The minimum atomic E-state index is 0.0301. The smallest absolute Gasteiger partial charge is 0.239 e. The number of piperazine rings is 1. The second-order valence-electron chi connectivity index (χ2n) is 8.57. The molecular formula is C23H35N3O2. The Balaban J connectivity index is 1.38. The van der Waals surface area contributed by atoms with Crippen molar-refractivity contribution in [3.63, 3.8) is 0 Å². The molecule has 2 amide bonds. The van der Waals surface area contributed by atoms with Gasteiger partial charge in [0.2, 0.25) is 11.8 Å². The number of nitrogens with zero attached hydrogens (tertiary/aromatic N) is 3. The Kier molecular flexibility index (Phi) is 7.49. The van der Waals surface area contributed by atoms with Crippen molar-refractivity contribution in [3.05, 3.63) is 35.9 Å². The van der Waals surface area contributed by atoms with Crippen LogP contribution >= 0.6 is 0 Å². The third kappa shape index (κ3) is 5.57. The highest BCUT2D eigenvalue weighted by Crippen LogP contribution is 2.20. The summed E-state index contributed by atoms with van der Waals surface area (Å²) in [6.07, 6.45) is 4.47. The van der Waals surface area contributed by atoms with Crippen molar-refractivity contribution in [1.82, 2.24) is 14.7 Å². The molecule has 154 valence electrons. The lowest BCUT2D eigenvalue weighted by Gasteiger charge is -2.37. The summed E-state index contributed by atoms with van der Waals surface area (Å²) in [5.74, 6) is 1.18. The predicted molar refractivity (Wildman–Crippen MR) is 112 cm³/mol. The molecule has 28 heavy (non-hydrogen) atoms. The quantitative estimate of drug-likeness (QED) is 0.691. The molecule has 2 aliphatic rings. The van der Waals surface area contributed by atoms with E-state index in [1.54, 1.807) is 0 Å². The van der Waals surface area contributed by atoms with Gasteiger partial charge >= 0.3 is 0 Å². The Morgan fingerprint density at radius 3 is 2.46 bits per heavy atom. The van der Waals surface area contributed by atoms with Crippen molar-refractivity contribution < 1.29 is 9.59 Å². The van der Waals surface area contributed by atoms with Crippen molar-refractivity contribution in [2.45, 2.75) is 52.0 Å². The summed E-state index contributed by atoms with van der Waals surface area (Å²) >= 11 is 0. The van der Waals surface area contributed by atoms with Crippen molar-refractivity contribution >= 4 is 11.8 Å². The number of benzene rings is 1. The summed E-state index contributed by atoms with van der Waals surface area (Å²) in [7, 11) is 0. The van der Waals surface area contributed by atoms with E-state index in [1.165, 1.54) is 5.56 Å². The van der Waals surface area contributed by atoms with Crippen molar-refractivity contribution in [3.8, 4) is 0 Å². The van der Waals surface area contributed by atoms with Gasteiger partial charge in [-0.1, -0.05) is 44.2 Å². The number of hydrogen-bond acceptors (Lipinski definition) is 3. The van der Waals surface area contributed by atoms with E-state index in [0.29, 0.717) is 18.2 Å². The standard InChI is InChI=1S/C23H35N3O2/c1-19(2)11-13-26-14-12-21(23(26)28)24-15-17-25(18-16-24)22(27)10-6-9-20-7-4-3-5-8-20/h3-5,7-8,19,21H,6,9-18H2,1-2H3. The monoisotopic (exact) mass is 385 g/mol. The normalized spacial score (nSPS) is 21.0. The van der Waals surface area contributed by atoms with Crippen molar-refractivity contribution in [1.29, 1.82) is 0 Å². The molecule has 1 aromatic rings. The van der Waals surface area contributed by atoms with Crippen LogP contribution in [0.1, 0.15) is 45.1 Å². The van der Waals surface area contributed by atoms with Crippen LogP contribution in [0.25, 0.3) is 0 Å². The highest BCUT2D eigenvalue weighted by molar-refractivity contribution is 5.84. The number of hydrogen-bond donors (Lipinski definition) is 0. The van der Waals surface area contributed by atoms with Gasteiger partial charge in [-0.3, -0.25) is 14.5 Å². The average molecular weight is 386 g/mol. The fraction of sp³-hybridized carbons (Fsp3) is 0.652. The third-order valence-electron chi connectivity index (χ3n) is 6.05. The van der Waals surface area contributed by atoms with Crippen LogP contribution in [-0.4, -0.2) is 71.8 Å². The van der Waals surface area contributed by atoms with Crippen LogP contribution in [0, 0.1) is 5.92 Å². The number of aryl methyl sites for hydroxylation is 1. The summed E-state index contributed by atoms with van der Waals surface area (Å²) in [5, 5.41) is 0. The summed E-state index contributed by atoms with van der Waals surface area (Å²) in [5.41, 5.74) is 1.29. The first kappa shape index (κ1) is 20.8. The zero-order valence-corrected chi connectivity index (χ0v) is 17.5. The average Bonchev–Trinajstić information content (AvgIpc) is 3.07. The van der Waals surface area contributed by atoms with E-state index in [1.807, 2.05) is 28.0 Å². The zero-order chi connectivity index (χ0) is 19.9. The lowest BCUT2D eigenvalue weighted by atomic mass is 10.1.